The maximum atomic E-state index is 13.3. The molecule has 1 aliphatic heterocycles. The number of carbonyl (C=O) groups excluding carboxylic acids is 1. The minimum absolute atomic E-state index is 0.0541. The van der Waals surface area contributed by atoms with Gasteiger partial charge in [-0.15, -0.1) is 11.8 Å². The number of nitrogens with zero attached hydrogens (tertiary/aromatic N) is 2. The Morgan fingerprint density at radius 1 is 1.37 bits per heavy atom. The smallest absolute Gasteiger partial charge is 0.319 e. The second kappa shape index (κ2) is 8.10. The number of hydrogen-bond acceptors (Lipinski definition) is 6. The highest BCUT2D eigenvalue weighted by atomic mass is 32.2. The van der Waals surface area contributed by atoms with Gasteiger partial charge in [0.15, 0.2) is 5.16 Å². The molecular weight excluding hydrogens is 380 g/mol. The number of ether oxygens (including phenoxy) is 1. The third-order valence-electron chi connectivity index (χ3n) is 4.43. The highest BCUT2D eigenvalue weighted by Gasteiger charge is 2.29. The van der Waals surface area contributed by atoms with Gasteiger partial charge in [0.2, 0.25) is 0 Å². The quantitative estimate of drug-likeness (QED) is 0.427. The van der Waals surface area contributed by atoms with Crippen LogP contribution in [0.2, 0.25) is 0 Å². The SMILES string of the molecule is CC[C@@H](Sc1nc2c(c(=O)n1-c1cc(C)cc(C)c1)S[C@@H](C)C2)C(=O)OC. The molecule has 0 saturated heterocycles. The number of rotatable bonds is 5. The van der Waals surface area contributed by atoms with Gasteiger partial charge >= 0.3 is 5.97 Å². The average molecular weight is 405 g/mol. The molecule has 3 rings (SSSR count). The molecule has 1 aromatic heterocycles. The van der Waals surface area contributed by atoms with E-state index < -0.39 is 5.25 Å². The second-order valence-electron chi connectivity index (χ2n) is 6.83. The van der Waals surface area contributed by atoms with E-state index in [2.05, 4.69) is 13.0 Å². The van der Waals surface area contributed by atoms with Crippen molar-refractivity contribution in [1.82, 2.24) is 9.55 Å². The van der Waals surface area contributed by atoms with Crippen molar-refractivity contribution in [1.29, 1.82) is 0 Å². The van der Waals surface area contributed by atoms with Crippen LogP contribution >= 0.6 is 23.5 Å². The summed E-state index contributed by atoms with van der Waals surface area (Å²) in [6.45, 7) is 8.05. The number of fused-ring (bicyclic) bond motifs is 1. The first kappa shape index (κ1) is 20.0. The molecular formula is C20H24N2O3S2. The third-order valence-corrected chi connectivity index (χ3v) is 6.94. The lowest BCUT2D eigenvalue weighted by atomic mass is 10.1. The van der Waals surface area contributed by atoms with Crippen molar-refractivity contribution >= 4 is 29.5 Å². The standard InChI is InChI=1S/C20H24N2O3S2/c1-6-16(19(24)25-5)27-20-21-15-10-13(4)26-17(15)18(23)22(20)14-8-11(2)7-12(3)9-14/h7-9,13,16H,6,10H2,1-5H3/t13-,16+/m0/s1. The first-order valence-corrected chi connectivity index (χ1v) is 10.8. The van der Waals surface area contributed by atoms with Gasteiger partial charge in [0.05, 0.1) is 23.4 Å². The molecule has 5 nitrogen and oxygen atoms in total. The summed E-state index contributed by atoms with van der Waals surface area (Å²) >= 11 is 2.89. The molecule has 144 valence electrons. The van der Waals surface area contributed by atoms with Crippen molar-refractivity contribution in [2.45, 2.75) is 61.1 Å². The number of carbonyl (C=O) groups is 1. The molecule has 2 atom stereocenters. The lowest BCUT2D eigenvalue weighted by Crippen LogP contribution is -2.26. The van der Waals surface area contributed by atoms with Crippen molar-refractivity contribution < 1.29 is 9.53 Å². The first-order chi connectivity index (χ1) is 12.8. The lowest BCUT2D eigenvalue weighted by Gasteiger charge is -2.18. The van der Waals surface area contributed by atoms with E-state index in [1.807, 2.05) is 32.9 Å². The minimum atomic E-state index is -0.399. The van der Waals surface area contributed by atoms with E-state index in [0.29, 0.717) is 16.8 Å². The normalized spacial score (nSPS) is 16.9. The fourth-order valence-corrected chi connectivity index (χ4v) is 5.41. The van der Waals surface area contributed by atoms with Crippen LogP contribution in [0, 0.1) is 13.8 Å². The fourth-order valence-electron chi connectivity index (χ4n) is 3.24. The van der Waals surface area contributed by atoms with Gasteiger partial charge in [-0.3, -0.25) is 14.2 Å². The highest BCUT2D eigenvalue weighted by Crippen LogP contribution is 2.36. The van der Waals surface area contributed by atoms with Crippen LogP contribution in [0.3, 0.4) is 0 Å². The Hall–Kier alpha value is -1.73. The number of aryl methyl sites for hydroxylation is 2. The summed E-state index contributed by atoms with van der Waals surface area (Å²) in [7, 11) is 1.39. The van der Waals surface area contributed by atoms with E-state index in [-0.39, 0.29) is 11.5 Å². The molecule has 2 aromatic rings. The molecule has 0 saturated carbocycles. The van der Waals surface area contributed by atoms with Crippen molar-refractivity contribution in [3.63, 3.8) is 0 Å². The zero-order chi connectivity index (χ0) is 19.7. The fraction of sp³-hybridized carbons (Fsp3) is 0.450. The van der Waals surface area contributed by atoms with Crippen LogP contribution in [0.15, 0.2) is 33.0 Å². The summed E-state index contributed by atoms with van der Waals surface area (Å²) < 4.78 is 6.57. The summed E-state index contributed by atoms with van der Waals surface area (Å²) in [5.41, 5.74) is 3.72. The van der Waals surface area contributed by atoms with E-state index in [1.54, 1.807) is 16.3 Å². The van der Waals surface area contributed by atoms with Crippen LogP contribution in [0.4, 0.5) is 0 Å². The molecule has 0 radical (unpaired) electrons. The van der Waals surface area contributed by atoms with Crippen molar-refractivity contribution in [3.8, 4) is 5.69 Å². The van der Waals surface area contributed by atoms with Gasteiger partial charge in [-0.05, 0) is 43.5 Å². The van der Waals surface area contributed by atoms with Crippen molar-refractivity contribution in [2.24, 2.45) is 0 Å². The van der Waals surface area contributed by atoms with Gasteiger partial charge in [0, 0.05) is 11.7 Å². The third kappa shape index (κ3) is 4.09. The summed E-state index contributed by atoms with van der Waals surface area (Å²) in [5, 5.41) is 0.481. The van der Waals surface area contributed by atoms with Gasteiger partial charge in [0.25, 0.3) is 5.56 Å². The predicted molar refractivity (Wildman–Crippen MR) is 110 cm³/mol. The minimum Gasteiger partial charge on any atom is -0.468 e. The first-order valence-electron chi connectivity index (χ1n) is 8.99. The number of methoxy groups -OCH3 is 1. The molecule has 1 aliphatic rings. The summed E-state index contributed by atoms with van der Waals surface area (Å²) in [6.07, 6.45) is 1.37. The molecule has 0 bridgehead atoms. The van der Waals surface area contributed by atoms with E-state index in [9.17, 15) is 9.59 Å². The topological polar surface area (TPSA) is 61.2 Å². The average Bonchev–Trinajstić information content (AvgIpc) is 2.98. The zero-order valence-electron chi connectivity index (χ0n) is 16.2. The number of benzene rings is 1. The maximum absolute atomic E-state index is 13.3. The summed E-state index contributed by atoms with van der Waals surface area (Å²) in [4.78, 5) is 31.0. The molecule has 0 fully saturated rings. The Balaban J connectivity index is 2.19. The van der Waals surface area contributed by atoms with Crippen molar-refractivity contribution in [2.75, 3.05) is 7.11 Å². The van der Waals surface area contributed by atoms with E-state index in [0.717, 1.165) is 33.8 Å². The number of aromatic nitrogens is 2. The Morgan fingerprint density at radius 2 is 2.04 bits per heavy atom. The number of esters is 1. The van der Waals surface area contributed by atoms with Gasteiger partial charge in [-0.25, -0.2) is 4.98 Å². The van der Waals surface area contributed by atoms with Crippen molar-refractivity contribution in [3.05, 3.63) is 45.4 Å². The van der Waals surface area contributed by atoms with Gasteiger partial charge in [0.1, 0.15) is 5.25 Å². The molecule has 2 heterocycles. The molecule has 1 aromatic carbocycles. The molecule has 7 heteroatoms. The maximum Gasteiger partial charge on any atom is 0.319 e. The van der Waals surface area contributed by atoms with Crippen LogP contribution in [0.1, 0.15) is 37.1 Å². The van der Waals surface area contributed by atoms with E-state index in [1.165, 1.54) is 18.9 Å². The Kier molecular flexibility index (Phi) is 6.01. The van der Waals surface area contributed by atoms with Crippen LogP contribution in [-0.4, -0.2) is 33.1 Å². The predicted octanol–water partition coefficient (Wildman–Crippen LogP) is 3.93. The van der Waals surface area contributed by atoms with Crippen LogP contribution < -0.4 is 5.56 Å². The molecule has 0 N–H and O–H groups in total. The van der Waals surface area contributed by atoms with Crippen LogP contribution in [0.25, 0.3) is 5.69 Å². The monoisotopic (exact) mass is 404 g/mol. The summed E-state index contributed by atoms with van der Waals surface area (Å²) in [6, 6.07) is 6.03. The Morgan fingerprint density at radius 3 is 2.63 bits per heavy atom. The van der Waals surface area contributed by atoms with E-state index >= 15 is 0 Å². The molecule has 27 heavy (non-hydrogen) atoms. The Bertz CT molecular complexity index is 919. The lowest BCUT2D eigenvalue weighted by molar-refractivity contribution is -0.140. The largest absolute Gasteiger partial charge is 0.468 e. The number of thioether (sulfide) groups is 2. The van der Waals surface area contributed by atoms with Gasteiger partial charge in [-0.2, -0.15) is 0 Å². The molecule has 0 aliphatic carbocycles. The van der Waals surface area contributed by atoms with E-state index in [4.69, 9.17) is 9.72 Å². The van der Waals surface area contributed by atoms with Crippen LogP contribution in [0.5, 0.6) is 0 Å². The molecule has 0 spiro atoms. The molecule has 0 unspecified atom stereocenters. The zero-order valence-corrected chi connectivity index (χ0v) is 17.9. The number of hydrogen-bond donors (Lipinski definition) is 0. The molecule has 0 amide bonds. The van der Waals surface area contributed by atoms with Crippen LogP contribution in [-0.2, 0) is 16.0 Å². The second-order valence-corrected chi connectivity index (χ2v) is 9.45. The van der Waals surface area contributed by atoms with Gasteiger partial charge in [-0.1, -0.05) is 31.7 Å². The Labute approximate surface area is 167 Å². The highest BCUT2D eigenvalue weighted by molar-refractivity contribution is 8.00. The van der Waals surface area contributed by atoms with Gasteiger partial charge < -0.3 is 4.74 Å². The summed E-state index contributed by atoms with van der Waals surface area (Å²) in [5.74, 6) is -0.299.